The number of nitrogens with one attached hydrogen (secondary N) is 2. The number of aromatic hydroxyl groups is 2. The predicted molar refractivity (Wildman–Crippen MR) is 62.7 cm³/mol. The van der Waals surface area contributed by atoms with Crippen LogP contribution in [0.4, 0.5) is 0 Å². The van der Waals surface area contributed by atoms with Crippen molar-refractivity contribution in [3.05, 3.63) is 23.8 Å². The van der Waals surface area contributed by atoms with E-state index < -0.39 is 0 Å². The zero-order valence-electron chi connectivity index (χ0n) is 9.60. The van der Waals surface area contributed by atoms with Crippen LogP contribution in [0.2, 0.25) is 0 Å². The lowest BCUT2D eigenvalue weighted by atomic mass is 10.1. The maximum absolute atomic E-state index is 11.0. The first kappa shape index (κ1) is 11.7. The highest BCUT2D eigenvalue weighted by Gasteiger charge is 2.23. The number of phenols is 2. The first-order valence-electron chi connectivity index (χ1n) is 5.61. The minimum absolute atomic E-state index is 0.0381. The summed E-state index contributed by atoms with van der Waals surface area (Å²) >= 11 is 0. The molecule has 0 bridgehead atoms. The largest absolute Gasteiger partial charge is 0.508 e. The molecule has 1 aliphatic rings. The molecule has 0 spiro atoms. The standard InChI is InChI=1S/C12H16N2O3/c1-7(14-8-4-12(17)13-6-8)10-3-2-9(15)5-11(10)16/h2-3,5,7-8,14-16H,4,6H2,1H3,(H,13,17). The summed E-state index contributed by atoms with van der Waals surface area (Å²) in [6.45, 7) is 2.52. The Labute approximate surface area is 99.5 Å². The number of phenolic OH excluding ortho intramolecular Hbond substituents is 2. The van der Waals surface area contributed by atoms with Crippen LogP contribution in [0.1, 0.15) is 24.9 Å². The summed E-state index contributed by atoms with van der Waals surface area (Å²) in [6.07, 6.45) is 0.461. The molecular weight excluding hydrogens is 220 g/mol. The van der Waals surface area contributed by atoms with E-state index in [0.717, 1.165) is 0 Å². The molecule has 1 aromatic carbocycles. The quantitative estimate of drug-likeness (QED) is 0.620. The van der Waals surface area contributed by atoms with Gasteiger partial charge in [-0.05, 0) is 13.0 Å². The highest BCUT2D eigenvalue weighted by Crippen LogP contribution is 2.28. The molecule has 0 radical (unpaired) electrons. The van der Waals surface area contributed by atoms with E-state index in [1.54, 1.807) is 6.07 Å². The molecule has 0 saturated carbocycles. The Kier molecular flexibility index (Phi) is 3.19. The van der Waals surface area contributed by atoms with Gasteiger partial charge in [0.05, 0.1) is 0 Å². The van der Waals surface area contributed by atoms with Gasteiger partial charge in [0.15, 0.2) is 0 Å². The Hall–Kier alpha value is -1.75. The van der Waals surface area contributed by atoms with Gasteiger partial charge in [0, 0.05) is 36.7 Å². The molecule has 1 aliphatic heterocycles. The second-order valence-corrected chi connectivity index (χ2v) is 4.34. The Morgan fingerprint density at radius 1 is 1.47 bits per heavy atom. The van der Waals surface area contributed by atoms with Gasteiger partial charge in [-0.2, -0.15) is 0 Å². The van der Waals surface area contributed by atoms with E-state index in [1.807, 2.05) is 6.92 Å². The lowest BCUT2D eigenvalue weighted by molar-refractivity contribution is -0.119. The van der Waals surface area contributed by atoms with E-state index in [9.17, 15) is 15.0 Å². The van der Waals surface area contributed by atoms with Crippen molar-refractivity contribution in [3.63, 3.8) is 0 Å². The third-order valence-electron chi connectivity index (χ3n) is 2.94. The molecule has 2 atom stereocenters. The number of carbonyl (C=O) groups excluding carboxylic acids is 1. The molecule has 4 N–H and O–H groups in total. The van der Waals surface area contributed by atoms with Gasteiger partial charge < -0.3 is 20.8 Å². The van der Waals surface area contributed by atoms with E-state index in [-0.39, 0.29) is 29.5 Å². The fourth-order valence-corrected chi connectivity index (χ4v) is 2.06. The summed E-state index contributed by atoms with van der Waals surface area (Å²) in [6, 6.07) is 4.53. The van der Waals surface area contributed by atoms with Gasteiger partial charge >= 0.3 is 0 Å². The number of benzene rings is 1. The smallest absolute Gasteiger partial charge is 0.221 e. The lowest BCUT2D eigenvalue weighted by Crippen LogP contribution is -2.33. The van der Waals surface area contributed by atoms with Crippen LogP contribution in [-0.2, 0) is 4.79 Å². The Morgan fingerprint density at radius 3 is 2.82 bits per heavy atom. The zero-order valence-corrected chi connectivity index (χ0v) is 9.60. The molecular formula is C12H16N2O3. The fourth-order valence-electron chi connectivity index (χ4n) is 2.06. The predicted octanol–water partition coefficient (Wildman–Crippen LogP) is 0.637. The number of rotatable bonds is 3. The molecule has 17 heavy (non-hydrogen) atoms. The van der Waals surface area contributed by atoms with E-state index in [0.29, 0.717) is 18.5 Å². The van der Waals surface area contributed by atoms with Crippen molar-refractivity contribution in [1.29, 1.82) is 0 Å². The van der Waals surface area contributed by atoms with Crippen LogP contribution in [0.5, 0.6) is 11.5 Å². The van der Waals surface area contributed by atoms with E-state index in [1.165, 1.54) is 12.1 Å². The van der Waals surface area contributed by atoms with Crippen LogP contribution in [0.25, 0.3) is 0 Å². The van der Waals surface area contributed by atoms with Crippen LogP contribution in [0.3, 0.4) is 0 Å². The molecule has 2 rings (SSSR count). The molecule has 92 valence electrons. The molecule has 1 aromatic rings. The molecule has 5 nitrogen and oxygen atoms in total. The summed E-state index contributed by atoms with van der Waals surface area (Å²) < 4.78 is 0. The van der Waals surface area contributed by atoms with Crippen molar-refractivity contribution in [3.8, 4) is 11.5 Å². The number of amides is 1. The summed E-state index contributed by atoms with van der Waals surface area (Å²) in [5.41, 5.74) is 0.710. The molecule has 5 heteroatoms. The Balaban J connectivity index is 2.04. The van der Waals surface area contributed by atoms with Gasteiger partial charge in [-0.25, -0.2) is 0 Å². The minimum atomic E-state index is -0.0756. The SMILES string of the molecule is CC(NC1CNC(=O)C1)c1ccc(O)cc1O. The molecule has 0 aromatic heterocycles. The maximum Gasteiger partial charge on any atom is 0.221 e. The van der Waals surface area contributed by atoms with Gasteiger partial charge in [0.1, 0.15) is 11.5 Å². The molecule has 1 heterocycles. The highest BCUT2D eigenvalue weighted by atomic mass is 16.3. The first-order valence-corrected chi connectivity index (χ1v) is 5.61. The molecule has 2 unspecified atom stereocenters. The third-order valence-corrected chi connectivity index (χ3v) is 2.94. The van der Waals surface area contributed by atoms with Crippen molar-refractivity contribution in [2.45, 2.75) is 25.4 Å². The van der Waals surface area contributed by atoms with Crippen molar-refractivity contribution in [1.82, 2.24) is 10.6 Å². The number of carbonyl (C=O) groups is 1. The van der Waals surface area contributed by atoms with Crippen molar-refractivity contribution in [2.75, 3.05) is 6.54 Å². The summed E-state index contributed by atoms with van der Waals surface area (Å²) in [5, 5.41) is 24.9. The molecule has 0 aliphatic carbocycles. The normalized spacial score (nSPS) is 21.2. The van der Waals surface area contributed by atoms with Crippen LogP contribution in [0.15, 0.2) is 18.2 Å². The lowest BCUT2D eigenvalue weighted by Gasteiger charge is -2.19. The van der Waals surface area contributed by atoms with Gasteiger partial charge in [-0.15, -0.1) is 0 Å². The average Bonchev–Trinajstić information content (AvgIpc) is 2.63. The number of hydrogen-bond acceptors (Lipinski definition) is 4. The van der Waals surface area contributed by atoms with E-state index in [2.05, 4.69) is 10.6 Å². The Morgan fingerprint density at radius 2 is 2.24 bits per heavy atom. The second kappa shape index (κ2) is 4.63. The second-order valence-electron chi connectivity index (χ2n) is 4.34. The number of hydrogen-bond donors (Lipinski definition) is 4. The van der Waals surface area contributed by atoms with Gasteiger partial charge in [0.25, 0.3) is 0 Å². The highest BCUT2D eigenvalue weighted by molar-refractivity contribution is 5.78. The molecule has 1 saturated heterocycles. The fraction of sp³-hybridized carbons (Fsp3) is 0.417. The molecule has 1 fully saturated rings. The Bertz CT molecular complexity index is 434. The van der Waals surface area contributed by atoms with Crippen LogP contribution in [-0.4, -0.2) is 28.7 Å². The van der Waals surface area contributed by atoms with E-state index >= 15 is 0 Å². The molecule has 1 amide bonds. The zero-order chi connectivity index (χ0) is 12.4. The summed E-state index contributed by atoms with van der Waals surface area (Å²) in [5.74, 6) is 0.142. The summed E-state index contributed by atoms with van der Waals surface area (Å²) in [7, 11) is 0. The maximum atomic E-state index is 11.0. The van der Waals surface area contributed by atoms with Crippen LogP contribution < -0.4 is 10.6 Å². The average molecular weight is 236 g/mol. The van der Waals surface area contributed by atoms with Gasteiger partial charge in [0.2, 0.25) is 5.91 Å². The van der Waals surface area contributed by atoms with Crippen molar-refractivity contribution in [2.24, 2.45) is 0 Å². The van der Waals surface area contributed by atoms with Gasteiger partial charge in [-0.3, -0.25) is 4.79 Å². The van der Waals surface area contributed by atoms with E-state index in [4.69, 9.17) is 0 Å². The van der Waals surface area contributed by atoms with Crippen LogP contribution in [0, 0.1) is 0 Å². The summed E-state index contributed by atoms with van der Waals surface area (Å²) in [4.78, 5) is 11.0. The topological polar surface area (TPSA) is 81.6 Å². The van der Waals surface area contributed by atoms with Crippen molar-refractivity contribution >= 4 is 5.91 Å². The minimum Gasteiger partial charge on any atom is -0.508 e. The third kappa shape index (κ3) is 2.68. The van der Waals surface area contributed by atoms with Gasteiger partial charge in [-0.1, -0.05) is 6.07 Å². The first-order chi connectivity index (χ1) is 8.06. The monoisotopic (exact) mass is 236 g/mol. The van der Waals surface area contributed by atoms with Crippen molar-refractivity contribution < 1.29 is 15.0 Å². The van der Waals surface area contributed by atoms with Crippen LogP contribution >= 0.6 is 0 Å².